The number of rotatable bonds is 3. The summed E-state index contributed by atoms with van der Waals surface area (Å²) in [7, 11) is 0. The van der Waals surface area contributed by atoms with Crippen molar-refractivity contribution in [3.63, 3.8) is 0 Å². The lowest BCUT2D eigenvalue weighted by Gasteiger charge is -2.09. The second-order valence-electron chi connectivity index (χ2n) is 4.41. The Balaban J connectivity index is 2.33. The molecular formula is C14H15ClFN3. The van der Waals surface area contributed by atoms with Crippen molar-refractivity contribution < 1.29 is 4.39 Å². The van der Waals surface area contributed by atoms with Gasteiger partial charge in [-0.25, -0.2) is 14.4 Å². The Kier molecular flexibility index (Phi) is 4.12. The molecule has 3 nitrogen and oxygen atoms in total. The molecule has 5 heteroatoms. The van der Waals surface area contributed by atoms with E-state index in [-0.39, 0.29) is 5.82 Å². The summed E-state index contributed by atoms with van der Waals surface area (Å²) in [6, 6.07) is 4.34. The van der Waals surface area contributed by atoms with Crippen LogP contribution in [0.5, 0.6) is 0 Å². The van der Waals surface area contributed by atoms with Crippen LogP contribution >= 0.6 is 11.6 Å². The lowest BCUT2D eigenvalue weighted by atomic mass is 10.1. The Morgan fingerprint density at radius 1 is 1.21 bits per heavy atom. The van der Waals surface area contributed by atoms with E-state index >= 15 is 0 Å². The van der Waals surface area contributed by atoms with E-state index in [2.05, 4.69) is 9.97 Å². The quantitative estimate of drug-likeness (QED) is 0.940. The lowest BCUT2D eigenvalue weighted by Crippen LogP contribution is -2.09. The number of halogens is 2. The van der Waals surface area contributed by atoms with Gasteiger partial charge in [0.25, 0.3) is 0 Å². The first-order valence-electron chi connectivity index (χ1n) is 5.98. The summed E-state index contributed by atoms with van der Waals surface area (Å²) in [6.07, 6.45) is 0.478. The molecule has 0 aliphatic heterocycles. The molecule has 0 unspecified atom stereocenters. The number of nitrogens with two attached hydrogens (primary N) is 1. The molecule has 0 amide bonds. The average molecular weight is 280 g/mol. The maximum atomic E-state index is 13.0. The van der Waals surface area contributed by atoms with Crippen molar-refractivity contribution in [3.8, 4) is 0 Å². The fraction of sp³-hybridized carbons (Fsp3) is 0.286. The van der Waals surface area contributed by atoms with Crippen LogP contribution in [0.25, 0.3) is 0 Å². The van der Waals surface area contributed by atoms with Crippen molar-refractivity contribution in [2.24, 2.45) is 5.73 Å². The smallest absolute Gasteiger partial charge is 0.133 e. The first kappa shape index (κ1) is 13.9. The molecule has 0 spiro atoms. The van der Waals surface area contributed by atoms with Crippen LogP contribution in [0.1, 0.15) is 28.3 Å². The van der Waals surface area contributed by atoms with Crippen molar-refractivity contribution in [3.05, 3.63) is 57.4 Å². The van der Waals surface area contributed by atoms with E-state index in [9.17, 15) is 4.39 Å². The van der Waals surface area contributed by atoms with E-state index in [1.807, 2.05) is 13.8 Å². The molecule has 0 saturated carbocycles. The highest BCUT2D eigenvalue weighted by Gasteiger charge is 2.09. The zero-order chi connectivity index (χ0) is 14.0. The summed E-state index contributed by atoms with van der Waals surface area (Å²) < 4.78 is 13.0. The van der Waals surface area contributed by atoms with Gasteiger partial charge in [-0.05, 0) is 31.5 Å². The summed E-state index contributed by atoms with van der Waals surface area (Å²) in [5.74, 6) is 0.321. The highest BCUT2D eigenvalue weighted by molar-refractivity contribution is 6.31. The van der Waals surface area contributed by atoms with Crippen LogP contribution in [0.4, 0.5) is 4.39 Å². The monoisotopic (exact) mass is 279 g/mol. The van der Waals surface area contributed by atoms with E-state index < -0.39 is 0 Å². The number of hydrogen-bond acceptors (Lipinski definition) is 3. The van der Waals surface area contributed by atoms with Crippen LogP contribution in [0.15, 0.2) is 18.2 Å². The van der Waals surface area contributed by atoms with Gasteiger partial charge in [0.1, 0.15) is 11.6 Å². The second kappa shape index (κ2) is 5.63. The van der Waals surface area contributed by atoms with Crippen LogP contribution in [-0.2, 0) is 13.0 Å². The van der Waals surface area contributed by atoms with Gasteiger partial charge in [0.15, 0.2) is 0 Å². The first-order chi connectivity index (χ1) is 9.01. The summed E-state index contributed by atoms with van der Waals surface area (Å²) in [5.41, 5.74) is 9.18. The van der Waals surface area contributed by atoms with Crippen LogP contribution in [0.2, 0.25) is 5.02 Å². The van der Waals surface area contributed by atoms with Gasteiger partial charge in [0.2, 0.25) is 0 Å². The van der Waals surface area contributed by atoms with E-state index in [4.69, 9.17) is 17.3 Å². The molecule has 100 valence electrons. The van der Waals surface area contributed by atoms with Gasteiger partial charge in [-0.1, -0.05) is 17.7 Å². The average Bonchev–Trinajstić information content (AvgIpc) is 2.32. The predicted octanol–water partition coefficient (Wildman–Crippen LogP) is 2.94. The molecule has 1 aromatic heterocycles. The topological polar surface area (TPSA) is 51.8 Å². The van der Waals surface area contributed by atoms with Crippen molar-refractivity contribution >= 4 is 11.6 Å². The SMILES string of the molecule is Cc1nc(Cc2ccc(F)cc2Cl)nc(C)c1CN. The highest BCUT2D eigenvalue weighted by Crippen LogP contribution is 2.20. The zero-order valence-electron chi connectivity index (χ0n) is 10.9. The van der Waals surface area contributed by atoms with Gasteiger partial charge in [-0.2, -0.15) is 0 Å². The minimum atomic E-state index is -0.347. The minimum Gasteiger partial charge on any atom is -0.326 e. The fourth-order valence-electron chi connectivity index (χ4n) is 2.02. The molecular weight excluding hydrogens is 265 g/mol. The Morgan fingerprint density at radius 2 is 1.84 bits per heavy atom. The van der Waals surface area contributed by atoms with Crippen LogP contribution in [-0.4, -0.2) is 9.97 Å². The summed E-state index contributed by atoms with van der Waals surface area (Å²) in [5, 5.41) is 0.391. The second-order valence-corrected chi connectivity index (χ2v) is 4.81. The van der Waals surface area contributed by atoms with Crippen molar-refractivity contribution in [1.82, 2.24) is 9.97 Å². The van der Waals surface area contributed by atoms with Crippen LogP contribution in [0.3, 0.4) is 0 Å². The van der Waals surface area contributed by atoms with Crippen molar-refractivity contribution in [2.45, 2.75) is 26.8 Å². The summed E-state index contributed by atoms with van der Waals surface area (Å²) >= 11 is 6.00. The van der Waals surface area contributed by atoms with E-state index in [0.29, 0.717) is 23.8 Å². The maximum Gasteiger partial charge on any atom is 0.133 e. The van der Waals surface area contributed by atoms with Gasteiger partial charge in [0, 0.05) is 34.9 Å². The number of aromatic nitrogens is 2. The highest BCUT2D eigenvalue weighted by atomic mass is 35.5. The number of nitrogens with zero attached hydrogens (tertiary/aromatic N) is 2. The summed E-state index contributed by atoms with van der Waals surface area (Å²) in [6.45, 7) is 4.24. The number of benzene rings is 1. The number of hydrogen-bond donors (Lipinski definition) is 1. The Hall–Kier alpha value is -1.52. The fourth-order valence-corrected chi connectivity index (χ4v) is 2.25. The Bertz CT molecular complexity index is 591. The molecule has 0 bridgehead atoms. The van der Waals surface area contributed by atoms with Gasteiger partial charge < -0.3 is 5.73 Å². The van der Waals surface area contributed by atoms with Gasteiger partial charge in [0.05, 0.1) is 0 Å². The third-order valence-electron chi connectivity index (χ3n) is 3.03. The molecule has 1 heterocycles. The van der Waals surface area contributed by atoms with E-state index in [1.165, 1.54) is 12.1 Å². The van der Waals surface area contributed by atoms with Crippen LogP contribution < -0.4 is 5.73 Å². The molecule has 0 saturated heterocycles. The normalized spacial score (nSPS) is 10.8. The van der Waals surface area contributed by atoms with E-state index in [1.54, 1.807) is 6.07 Å². The van der Waals surface area contributed by atoms with Crippen LogP contribution in [0, 0.1) is 19.7 Å². The van der Waals surface area contributed by atoms with Gasteiger partial charge in [-0.3, -0.25) is 0 Å². The third kappa shape index (κ3) is 3.08. The zero-order valence-corrected chi connectivity index (χ0v) is 11.6. The third-order valence-corrected chi connectivity index (χ3v) is 3.39. The van der Waals surface area contributed by atoms with Gasteiger partial charge >= 0.3 is 0 Å². The predicted molar refractivity (Wildman–Crippen MR) is 73.6 cm³/mol. The standard InChI is InChI=1S/C14H15ClFN3/c1-8-12(7-17)9(2)19-14(18-8)5-10-3-4-11(16)6-13(10)15/h3-4,6H,5,7,17H2,1-2H3. The lowest BCUT2D eigenvalue weighted by molar-refractivity contribution is 0.627. The molecule has 0 radical (unpaired) electrons. The largest absolute Gasteiger partial charge is 0.326 e. The number of aryl methyl sites for hydroxylation is 2. The Morgan fingerprint density at radius 3 is 2.37 bits per heavy atom. The molecule has 2 N–H and O–H groups in total. The van der Waals surface area contributed by atoms with E-state index in [0.717, 1.165) is 22.5 Å². The Labute approximate surface area is 116 Å². The summed E-state index contributed by atoms with van der Waals surface area (Å²) in [4.78, 5) is 8.84. The molecule has 1 aromatic carbocycles. The van der Waals surface area contributed by atoms with Gasteiger partial charge in [-0.15, -0.1) is 0 Å². The molecule has 2 rings (SSSR count). The van der Waals surface area contributed by atoms with Crippen molar-refractivity contribution in [2.75, 3.05) is 0 Å². The molecule has 0 atom stereocenters. The minimum absolute atomic E-state index is 0.347. The molecule has 19 heavy (non-hydrogen) atoms. The first-order valence-corrected chi connectivity index (χ1v) is 6.36. The molecule has 0 aliphatic carbocycles. The molecule has 0 aliphatic rings. The molecule has 2 aromatic rings. The van der Waals surface area contributed by atoms with Crippen molar-refractivity contribution in [1.29, 1.82) is 0 Å². The maximum absolute atomic E-state index is 13.0. The molecule has 0 fully saturated rings.